The van der Waals surface area contributed by atoms with Crippen molar-refractivity contribution in [2.24, 2.45) is 0 Å². The minimum Gasteiger partial charge on any atom is -0.388 e. The van der Waals surface area contributed by atoms with Crippen molar-refractivity contribution in [3.63, 3.8) is 0 Å². The number of fused-ring (bicyclic) bond motifs is 1. The highest BCUT2D eigenvalue weighted by atomic mass is 16.3. The fourth-order valence-corrected chi connectivity index (χ4v) is 2.26. The van der Waals surface area contributed by atoms with Crippen LogP contribution in [0.5, 0.6) is 0 Å². The minimum absolute atomic E-state index is 0.281. The first-order valence-electron chi connectivity index (χ1n) is 5.79. The van der Waals surface area contributed by atoms with E-state index in [-0.39, 0.29) is 6.10 Å². The average molecular weight is 202 g/mol. The van der Waals surface area contributed by atoms with Crippen LogP contribution in [0.25, 0.3) is 5.57 Å². The fourth-order valence-electron chi connectivity index (χ4n) is 2.26. The van der Waals surface area contributed by atoms with E-state index in [1.54, 1.807) is 0 Å². The standard InChI is InChI=1S/C14H18O/c1-2-6-14(15)13-10-5-8-11-7-3-4-9-12(11)13/h3-4,7,9-10,14-15H,2,5-6,8H2,1H3. The van der Waals surface area contributed by atoms with Gasteiger partial charge in [-0.1, -0.05) is 43.7 Å². The highest BCUT2D eigenvalue weighted by Gasteiger charge is 2.17. The molecule has 15 heavy (non-hydrogen) atoms. The molecule has 0 amide bonds. The van der Waals surface area contributed by atoms with Crippen molar-refractivity contribution in [1.82, 2.24) is 0 Å². The number of hydrogen-bond acceptors (Lipinski definition) is 1. The van der Waals surface area contributed by atoms with E-state index < -0.39 is 0 Å². The first kappa shape index (κ1) is 10.4. The van der Waals surface area contributed by atoms with Crippen LogP contribution in [0.2, 0.25) is 0 Å². The zero-order chi connectivity index (χ0) is 10.7. The molecule has 0 aromatic heterocycles. The molecular weight excluding hydrogens is 184 g/mol. The smallest absolute Gasteiger partial charge is 0.0792 e. The lowest BCUT2D eigenvalue weighted by atomic mass is 9.87. The monoisotopic (exact) mass is 202 g/mol. The van der Waals surface area contributed by atoms with Crippen molar-refractivity contribution < 1.29 is 5.11 Å². The summed E-state index contributed by atoms with van der Waals surface area (Å²) >= 11 is 0. The summed E-state index contributed by atoms with van der Waals surface area (Å²) in [4.78, 5) is 0. The molecular formula is C14H18O. The number of hydrogen-bond donors (Lipinski definition) is 1. The first-order valence-corrected chi connectivity index (χ1v) is 5.79. The van der Waals surface area contributed by atoms with Crippen LogP contribution in [0, 0.1) is 0 Å². The molecule has 2 rings (SSSR count). The van der Waals surface area contributed by atoms with E-state index in [1.165, 1.54) is 11.1 Å². The maximum absolute atomic E-state index is 10.1. The number of aliphatic hydroxyl groups is 1. The molecule has 0 saturated heterocycles. The van der Waals surface area contributed by atoms with Crippen molar-refractivity contribution in [3.8, 4) is 0 Å². The summed E-state index contributed by atoms with van der Waals surface area (Å²) < 4.78 is 0. The van der Waals surface area contributed by atoms with Gasteiger partial charge in [0.2, 0.25) is 0 Å². The Balaban J connectivity index is 2.30. The van der Waals surface area contributed by atoms with Crippen LogP contribution in [0.4, 0.5) is 0 Å². The Bertz CT molecular complexity index is 365. The Hall–Kier alpha value is -1.08. The number of allylic oxidation sites excluding steroid dienone is 1. The first-order chi connectivity index (χ1) is 7.33. The molecule has 0 radical (unpaired) electrons. The molecule has 0 aliphatic heterocycles. The van der Waals surface area contributed by atoms with E-state index in [0.717, 1.165) is 31.3 Å². The number of aliphatic hydroxyl groups excluding tert-OH is 1. The van der Waals surface area contributed by atoms with Crippen LogP contribution < -0.4 is 0 Å². The second-order valence-electron chi connectivity index (χ2n) is 4.16. The zero-order valence-electron chi connectivity index (χ0n) is 9.24. The van der Waals surface area contributed by atoms with Crippen LogP contribution >= 0.6 is 0 Å². The molecule has 1 aliphatic carbocycles. The molecule has 0 fully saturated rings. The molecule has 1 unspecified atom stereocenters. The SMILES string of the molecule is CCCC(O)C1=CCCc2ccccc21. The molecule has 0 saturated carbocycles. The lowest BCUT2D eigenvalue weighted by Crippen LogP contribution is -2.13. The molecule has 0 heterocycles. The topological polar surface area (TPSA) is 20.2 Å². The Labute approximate surface area is 91.4 Å². The highest BCUT2D eigenvalue weighted by molar-refractivity contribution is 5.72. The van der Waals surface area contributed by atoms with Crippen LogP contribution in [-0.2, 0) is 6.42 Å². The van der Waals surface area contributed by atoms with Gasteiger partial charge in [-0.2, -0.15) is 0 Å². The van der Waals surface area contributed by atoms with E-state index in [0.29, 0.717) is 0 Å². The summed E-state index contributed by atoms with van der Waals surface area (Å²) in [5.74, 6) is 0. The minimum atomic E-state index is -0.281. The van der Waals surface area contributed by atoms with Crippen LogP contribution in [0.15, 0.2) is 30.3 Å². The predicted molar refractivity (Wildman–Crippen MR) is 63.7 cm³/mol. The second kappa shape index (κ2) is 4.63. The van der Waals surface area contributed by atoms with Gasteiger partial charge in [0.15, 0.2) is 0 Å². The van der Waals surface area contributed by atoms with E-state index in [9.17, 15) is 5.11 Å². The highest BCUT2D eigenvalue weighted by Crippen LogP contribution is 2.29. The lowest BCUT2D eigenvalue weighted by Gasteiger charge is -2.21. The van der Waals surface area contributed by atoms with E-state index in [1.807, 2.05) is 0 Å². The fraction of sp³-hybridized carbons (Fsp3) is 0.429. The van der Waals surface area contributed by atoms with Gasteiger partial charge in [0, 0.05) is 0 Å². The van der Waals surface area contributed by atoms with Gasteiger partial charge in [0.05, 0.1) is 6.10 Å². The van der Waals surface area contributed by atoms with Gasteiger partial charge >= 0.3 is 0 Å². The second-order valence-corrected chi connectivity index (χ2v) is 4.16. The van der Waals surface area contributed by atoms with E-state index >= 15 is 0 Å². The Morgan fingerprint density at radius 1 is 1.33 bits per heavy atom. The Kier molecular flexibility index (Phi) is 3.22. The maximum atomic E-state index is 10.1. The molecule has 1 heteroatoms. The molecule has 80 valence electrons. The van der Waals surface area contributed by atoms with Crippen molar-refractivity contribution >= 4 is 5.57 Å². The molecule has 1 atom stereocenters. The van der Waals surface area contributed by atoms with Gasteiger partial charge < -0.3 is 5.11 Å². The van der Waals surface area contributed by atoms with Gasteiger partial charge in [-0.15, -0.1) is 0 Å². The Morgan fingerprint density at radius 2 is 2.13 bits per heavy atom. The van der Waals surface area contributed by atoms with Gasteiger partial charge in [-0.25, -0.2) is 0 Å². The van der Waals surface area contributed by atoms with Crippen molar-refractivity contribution in [2.45, 2.75) is 38.7 Å². The third kappa shape index (κ3) is 2.13. The zero-order valence-corrected chi connectivity index (χ0v) is 9.24. The molecule has 1 nitrogen and oxygen atoms in total. The molecule has 0 bridgehead atoms. The average Bonchev–Trinajstić information content (AvgIpc) is 2.28. The van der Waals surface area contributed by atoms with Crippen LogP contribution in [-0.4, -0.2) is 11.2 Å². The van der Waals surface area contributed by atoms with Crippen molar-refractivity contribution in [2.75, 3.05) is 0 Å². The van der Waals surface area contributed by atoms with Crippen LogP contribution in [0.3, 0.4) is 0 Å². The van der Waals surface area contributed by atoms with Crippen molar-refractivity contribution in [3.05, 3.63) is 41.5 Å². The lowest BCUT2D eigenvalue weighted by molar-refractivity contribution is 0.220. The largest absolute Gasteiger partial charge is 0.388 e. The summed E-state index contributed by atoms with van der Waals surface area (Å²) in [6, 6.07) is 8.42. The third-order valence-electron chi connectivity index (χ3n) is 3.03. The number of benzene rings is 1. The summed E-state index contributed by atoms with van der Waals surface area (Å²) in [5.41, 5.74) is 3.77. The van der Waals surface area contributed by atoms with Gasteiger partial charge in [-0.3, -0.25) is 0 Å². The number of rotatable bonds is 3. The normalized spacial score (nSPS) is 16.8. The van der Waals surface area contributed by atoms with Gasteiger partial charge in [0.25, 0.3) is 0 Å². The quantitative estimate of drug-likeness (QED) is 0.798. The Morgan fingerprint density at radius 3 is 2.93 bits per heavy atom. The van der Waals surface area contributed by atoms with E-state index in [4.69, 9.17) is 0 Å². The molecule has 1 aromatic rings. The van der Waals surface area contributed by atoms with Crippen LogP contribution in [0.1, 0.15) is 37.3 Å². The van der Waals surface area contributed by atoms with Gasteiger partial charge in [0.1, 0.15) is 0 Å². The molecule has 1 N–H and O–H groups in total. The molecule has 0 spiro atoms. The summed E-state index contributed by atoms with van der Waals surface area (Å²) in [7, 11) is 0. The van der Waals surface area contributed by atoms with E-state index in [2.05, 4.69) is 37.3 Å². The number of aryl methyl sites for hydroxylation is 1. The summed E-state index contributed by atoms with van der Waals surface area (Å²) in [5, 5.41) is 10.1. The maximum Gasteiger partial charge on any atom is 0.0792 e. The van der Waals surface area contributed by atoms with Crippen molar-refractivity contribution in [1.29, 1.82) is 0 Å². The summed E-state index contributed by atoms with van der Waals surface area (Å²) in [6.45, 7) is 2.11. The molecule has 1 aliphatic rings. The predicted octanol–water partition coefficient (Wildman–Crippen LogP) is 3.18. The van der Waals surface area contributed by atoms with Gasteiger partial charge in [-0.05, 0) is 36.0 Å². The third-order valence-corrected chi connectivity index (χ3v) is 3.03. The summed E-state index contributed by atoms with van der Waals surface area (Å²) in [6.07, 6.45) is 5.98. The molecule has 1 aromatic carbocycles.